The molecule has 1 fully saturated rings. The molecule has 1 spiro atoms. The van der Waals surface area contributed by atoms with Crippen molar-refractivity contribution in [2.75, 3.05) is 19.8 Å². The molecule has 1 aromatic carbocycles. The van der Waals surface area contributed by atoms with E-state index in [4.69, 9.17) is 19.9 Å². The number of aliphatic imine (C=N–C) groups is 1. The van der Waals surface area contributed by atoms with E-state index >= 15 is 4.39 Å². The van der Waals surface area contributed by atoms with Crippen LogP contribution in [0.25, 0.3) is 11.1 Å². The molecular weight excluding hydrogens is 442 g/mol. The molecule has 1 saturated heterocycles. The molecule has 0 aliphatic carbocycles. The average molecular weight is 460 g/mol. The van der Waals surface area contributed by atoms with Crippen LogP contribution in [0.4, 0.5) is 8.78 Å². The third-order valence-electron chi connectivity index (χ3n) is 6.15. The molecule has 3 aliphatic heterocycles. The summed E-state index contributed by atoms with van der Waals surface area (Å²) in [5.41, 5.74) is 6.32. The van der Waals surface area contributed by atoms with Crippen molar-refractivity contribution in [2.24, 2.45) is 16.1 Å². The highest BCUT2D eigenvalue weighted by Gasteiger charge is 2.48. The Bertz CT molecular complexity index is 1440. The van der Waals surface area contributed by atoms with Crippen LogP contribution >= 0.6 is 0 Å². The second-order valence-corrected chi connectivity index (χ2v) is 8.75. The van der Waals surface area contributed by atoms with Crippen LogP contribution in [0.15, 0.2) is 47.7 Å². The van der Waals surface area contributed by atoms with Crippen LogP contribution in [-0.2, 0) is 15.0 Å². The lowest BCUT2D eigenvalue weighted by Crippen LogP contribution is -2.38. The molecule has 2 N–H and O–H groups in total. The number of halogens is 2. The number of nitrogens with two attached hydrogens (primary N) is 1. The van der Waals surface area contributed by atoms with Gasteiger partial charge < -0.3 is 19.9 Å². The highest BCUT2D eigenvalue weighted by molar-refractivity contribution is 5.78. The Kier molecular flexibility index (Phi) is 4.38. The number of nitrogens with zero attached hydrogens (tertiary/aromatic N) is 3. The van der Waals surface area contributed by atoms with Crippen molar-refractivity contribution in [3.05, 3.63) is 71.2 Å². The van der Waals surface area contributed by atoms with Crippen molar-refractivity contribution in [3.8, 4) is 34.6 Å². The molecule has 2 aromatic heterocycles. The Morgan fingerprint density at radius 2 is 1.91 bits per heavy atom. The summed E-state index contributed by atoms with van der Waals surface area (Å²) in [5, 5.41) is 0. The van der Waals surface area contributed by atoms with Gasteiger partial charge in [-0.25, -0.2) is 19.4 Å². The standard InChI is InChI=1S/C25H18F2N4O3/c1-24(11-32-12-24)5-4-14-7-18-22(30-10-14)34-20-9-19(26)16(15-3-2-6-29-21(15)27)8-17(20)25(18)13-33-23(28)31-25/h2-3,6-10H,11-13H2,1H3,(H2,28,31). The topological polar surface area (TPSA) is 91.9 Å². The Labute approximate surface area is 193 Å². The zero-order valence-corrected chi connectivity index (χ0v) is 18.1. The predicted octanol–water partition coefficient (Wildman–Crippen LogP) is 3.50. The third kappa shape index (κ3) is 3.10. The smallest absolute Gasteiger partial charge is 0.283 e. The van der Waals surface area contributed by atoms with Gasteiger partial charge >= 0.3 is 0 Å². The van der Waals surface area contributed by atoms with Gasteiger partial charge in [-0.3, -0.25) is 0 Å². The SMILES string of the molecule is CC1(C#Cc2cnc3c(c2)C2(COC(N)=N2)c2cc(-c4cccnc4F)c(F)cc2O3)COC1. The summed E-state index contributed by atoms with van der Waals surface area (Å²) in [4.78, 5) is 12.6. The molecule has 1 atom stereocenters. The molecule has 9 heteroatoms. The van der Waals surface area contributed by atoms with E-state index in [0.717, 1.165) is 0 Å². The minimum Gasteiger partial charge on any atom is -0.462 e. The molecule has 34 heavy (non-hydrogen) atoms. The Balaban J connectivity index is 1.53. The van der Waals surface area contributed by atoms with E-state index in [2.05, 4.69) is 26.8 Å². The number of hydrogen-bond acceptors (Lipinski definition) is 7. The van der Waals surface area contributed by atoms with E-state index in [-0.39, 0.29) is 40.8 Å². The van der Waals surface area contributed by atoms with Crippen LogP contribution in [0.5, 0.6) is 11.6 Å². The predicted molar refractivity (Wildman–Crippen MR) is 118 cm³/mol. The zero-order chi connectivity index (χ0) is 23.5. The molecule has 3 aromatic rings. The monoisotopic (exact) mass is 460 g/mol. The molecule has 5 heterocycles. The number of amidine groups is 1. The van der Waals surface area contributed by atoms with Crippen LogP contribution < -0.4 is 10.5 Å². The Hall–Kier alpha value is -4.03. The maximum absolute atomic E-state index is 15.1. The minimum absolute atomic E-state index is 0.0205. The highest BCUT2D eigenvalue weighted by atomic mass is 19.1. The second kappa shape index (κ2) is 7.23. The van der Waals surface area contributed by atoms with E-state index in [0.29, 0.717) is 29.9 Å². The summed E-state index contributed by atoms with van der Waals surface area (Å²) >= 11 is 0. The van der Waals surface area contributed by atoms with Crippen LogP contribution in [0.1, 0.15) is 23.6 Å². The fourth-order valence-electron chi connectivity index (χ4n) is 4.31. The number of benzene rings is 1. The van der Waals surface area contributed by atoms with E-state index in [1.807, 2.05) is 13.0 Å². The first-order valence-corrected chi connectivity index (χ1v) is 10.6. The van der Waals surface area contributed by atoms with E-state index in [1.54, 1.807) is 6.20 Å². The fraction of sp³-hybridized carbons (Fsp3) is 0.240. The summed E-state index contributed by atoms with van der Waals surface area (Å²) in [6.45, 7) is 3.23. The van der Waals surface area contributed by atoms with Crippen molar-refractivity contribution in [1.82, 2.24) is 9.97 Å². The van der Waals surface area contributed by atoms with Crippen LogP contribution in [0.3, 0.4) is 0 Å². The van der Waals surface area contributed by atoms with Crippen LogP contribution in [0.2, 0.25) is 0 Å². The van der Waals surface area contributed by atoms with E-state index < -0.39 is 17.3 Å². The number of pyridine rings is 2. The summed E-state index contributed by atoms with van der Waals surface area (Å²) in [5.74, 6) is 5.36. The van der Waals surface area contributed by atoms with Gasteiger partial charge in [-0.15, -0.1) is 0 Å². The summed E-state index contributed by atoms with van der Waals surface area (Å²) in [6, 6.07) is 7.49. The quantitative estimate of drug-likeness (QED) is 0.442. The molecule has 0 saturated carbocycles. The molecule has 7 nitrogen and oxygen atoms in total. The normalized spacial score (nSPS) is 21.2. The van der Waals surface area contributed by atoms with Gasteiger partial charge in [0.15, 0.2) is 5.54 Å². The highest BCUT2D eigenvalue weighted by Crippen LogP contribution is 2.51. The van der Waals surface area contributed by atoms with Gasteiger partial charge in [-0.1, -0.05) is 11.8 Å². The lowest BCUT2D eigenvalue weighted by Gasteiger charge is -2.33. The lowest BCUT2D eigenvalue weighted by atomic mass is 9.81. The van der Waals surface area contributed by atoms with Crippen molar-refractivity contribution < 1.29 is 23.0 Å². The maximum atomic E-state index is 15.1. The molecule has 0 amide bonds. The van der Waals surface area contributed by atoms with Gasteiger partial charge in [-0.05, 0) is 31.2 Å². The number of hydrogen-bond donors (Lipinski definition) is 1. The Morgan fingerprint density at radius 3 is 2.62 bits per heavy atom. The van der Waals surface area contributed by atoms with Crippen LogP contribution in [0, 0.1) is 29.0 Å². The molecule has 0 bridgehead atoms. The number of rotatable bonds is 1. The maximum Gasteiger partial charge on any atom is 0.283 e. The molecule has 6 rings (SSSR count). The molecule has 1 unspecified atom stereocenters. The summed E-state index contributed by atoms with van der Waals surface area (Å²) in [6.07, 6.45) is 2.89. The number of fused-ring (bicyclic) bond motifs is 4. The largest absolute Gasteiger partial charge is 0.462 e. The first-order valence-electron chi connectivity index (χ1n) is 10.6. The second-order valence-electron chi connectivity index (χ2n) is 8.75. The van der Waals surface area contributed by atoms with Crippen molar-refractivity contribution in [2.45, 2.75) is 12.5 Å². The molecule has 3 aliphatic rings. The van der Waals surface area contributed by atoms with Crippen molar-refractivity contribution >= 4 is 6.02 Å². The van der Waals surface area contributed by atoms with E-state index in [1.165, 1.54) is 30.5 Å². The van der Waals surface area contributed by atoms with Gasteiger partial charge in [0.2, 0.25) is 11.8 Å². The lowest BCUT2D eigenvalue weighted by molar-refractivity contribution is -0.0648. The van der Waals surface area contributed by atoms with Gasteiger partial charge in [-0.2, -0.15) is 4.39 Å². The van der Waals surface area contributed by atoms with Gasteiger partial charge in [0, 0.05) is 40.7 Å². The van der Waals surface area contributed by atoms with E-state index in [9.17, 15) is 4.39 Å². The summed E-state index contributed by atoms with van der Waals surface area (Å²) < 4.78 is 46.2. The Morgan fingerprint density at radius 1 is 1.06 bits per heavy atom. The fourth-order valence-corrected chi connectivity index (χ4v) is 4.31. The van der Waals surface area contributed by atoms with Crippen molar-refractivity contribution in [1.29, 1.82) is 0 Å². The van der Waals surface area contributed by atoms with Gasteiger partial charge in [0.05, 0.1) is 24.2 Å². The van der Waals surface area contributed by atoms with Crippen LogP contribution in [-0.4, -0.2) is 35.8 Å². The number of aromatic nitrogens is 2. The first-order chi connectivity index (χ1) is 16.4. The number of ether oxygens (including phenoxy) is 3. The molecular formula is C25H18F2N4O3. The first kappa shape index (κ1) is 20.6. The molecule has 0 radical (unpaired) electrons. The summed E-state index contributed by atoms with van der Waals surface area (Å²) in [7, 11) is 0. The average Bonchev–Trinajstić information content (AvgIpc) is 3.19. The van der Waals surface area contributed by atoms with Gasteiger partial charge in [0.1, 0.15) is 18.2 Å². The third-order valence-corrected chi connectivity index (χ3v) is 6.15. The van der Waals surface area contributed by atoms with Gasteiger partial charge in [0.25, 0.3) is 6.02 Å². The van der Waals surface area contributed by atoms with Crippen molar-refractivity contribution in [3.63, 3.8) is 0 Å². The minimum atomic E-state index is -1.15. The molecule has 170 valence electrons. The zero-order valence-electron chi connectivity index (χ0n) is 18.1.